The molecule has 0 aromatic heterocycles. The van der Waals surface area contributed by atoms with Crippen LogP contribution in [0.2, 0.25) is 0 Å². The quantitative estimate of drug-likeness (QED) is 0.866. The van der Waals surface area contributed by atoms with E-state index in [1.807, 2.05) is 0 Å². The third kappa shape index (κ3) is 3.00. The van der Waals surface area contributed by atoms with Gasteiger partial charge < -0.3 is 9.84 Å². The number of rotatable bonds is 4. The topological polar surface area (TPSA) is 63.6 Å². The maximum Gasteiger partial charge on any atom is 0.339 e. The largest absolute Gasteiger partial charge is 0.478 e. The predicted molar refractivity (Wildman–Crippen MR) is 69.9 cm³/mol. The van der Waals surface area contributed by atoms with Gasteiger partial charge in [0.25, 0.3) is 0 Å². The first-order valence-corrected chi connectivity index (χ1v) is 5.79. The summed E-state index contributed by atoms with van der Waals surface area (Å²) in [6, 6.07) is 9.34. The summed E-state index contributed by atoms with van der Waals surface area (Å²) in [7, 11) is 0. The van der Waals surface area contributed by atoms with Gasteiger partial charge in [-0.1, -0.05) is 0 Å². The molecular formula is C15H11FO4. The number of halogens is 1. The van der Waals surface area contributed by atoms with Crippen LogP contribution in [-0.2, 0) is 0 Å². The Kier molecular flexibility index (Phi) is 3.79. The van der Waals surface area contributed by atoms with Crippen molar-refractivity contribution >= 4 is 11.8 Å². The van der Waals surface area contributed by atoms with E-state index >= 15 is 0 Å². The number of Topliss-reactive ketones (excluding diaryl/α,β-unsaturated/α-hetero) is 1. The zero-order chi connectivity index (χ0) is 14.7. The molecule has 0 aliphatic heterocycles. The number of carboxylic acids is 1. The Morgan fingerprint density at radius 1 is 1.10 bits per heavy atom. The van der Waals surface area contributed by atoms with Crippen LogP contribution in [0.4, 0.5) is 4.39 Å². The van der Waals surface area contributed by atoms with Crippen LogP contribution in [-0.4, -0.2) is 16.9 Å². The Bertz CT molecular complexity index is 662. The molecule has 0 atom stereocenters. The molecule has 0 bridgehead atoms. The van der Waals surface area contributed by atoms with Crippen molar-refractivity contribution in [3.63, 3.8) is 0 Å². The lowest BCUT2D eigenvalue weighted by Crippen LogP contribution is -2.00. The fourth-order valence-corrected chi connectivity index (χ4v) is 1.64. The first-order chi connectivity index (χ1) is 9.47. The Hall–Kier alpha value is -2.69. The molecule has 0 heterocycles. The SMILES string of the molecule is CC(=O)c1ccc(Oc2cc(F)ccc2C(=O)O)cc1. The van der Waals surface area contributed by atoms with Crippen molar-refractivity contribution in [2.45, 2.75) is 6.92 Å². The minimum atomic E-state index is -1.21. The molecule has 0 aliphatic rings. The van der Waals surface area contributed by atoms with Gasteiger partial charge in [-0.3, -0.25) is 4.79 Å². The van der Waals surface area contributed by atoms with E-state index in [0.29, 0.717) is 11.3 Å². The summed E-state index contributed by atoms with van der Waals surface area (Å²) in [6.45, 7) is 1.44. The molecule has 2 rings (SSSR count). The molecule has 0 fully saturated rings. The van der Waals surface area contributed by atoms with E-state index in [9.17, 15) is 14.0 Å². The number of aromatic carboxylic acids is 1. The van der Waals surface area contributed by atoms with Gasteiger partial charge in [0.15, 0.2) is 5.78 Å². The summed E-state index contributed by atoms with van der Waals surface area (Å²) in [4.78, 5) is 22.2. The van der Waals surface area contributed by atoms with Crippen molar-refractivity contribution in [2.75, 3.05) is 0 Å². The third-order valence-electron chi connectivity index (χ3n) is 2.66. The lowest BCUT2D eigenvalue weighted by Gasteiger charge is -2.09. The molecule has 0 spiro atoms. The van der Waals surface area contributed by atoms with Crippen LogP contribution in [0.3, 0.4) is 0 Å². The zero-order valence-electron chi connectivity index (χ0n) is 10.6. The Morgan fingerprint density at radius 2 is 1.75 bits per heavy atom. The van der Waals surface area contributed by atoms with Crippen LogP contribution >= 0.6 is 0 Å². The van der Waals surface area contributed by atoms with Gasteiger partial charge >= 0.3 is 5.97 Å². The second-order valence-corrected chi connectivity index (χ2v) is 4.13. The Morgan fingerprint density at radius 3 is 2.30 bits per heavy atom. The highest BCUT2D eigenvalue weighted by atomic mass is 19.1. The van der Waals surface area contributed by atoms with Gasteiger partial charge in [-0.05, 0) is 43.3 Å². The fourth-order valence-electron chi connectivity index (χ4n) is 1.64. The molecule has 2 aromatic carbocycles. The van der Waals surface area contributed by atoms with Crippen LogP contribution in [0, 0.1) is 5.82 Å². The minimum Gasteiger partial charge on any atom is -0.478 e. The molecule has 2 aromatic rings. The van der Waals surface area contributed by atoms with Crippen molar-refractivity contribution in [1.82, 2.24) is 0 Å². The highest BCUT2D eigenvalue weighted by Gasteiger charge is 2.13. The van der Waals surface area contributed by atoms with E-state index in [4.69, 9.17) is 9.84 Å². The molecule has 0 aliphatic carbocycles. The van der Waals surface area contributed by atoms with Gasteiger partial charge in [0.1, 0.15) is 22.9 Å². The van der Waals surface area contributed by atoms with Gasteiger partial charge in [0.05, 0.1) is 0 Å². The Labute approximate surface area is 114 Å². The highest BCUT2D eigenvalue weighted by Crippen LogP contribution is 2.26. The average Bonchev–Trinajstić information content (AvgIpc) is 2.39. The van der Waals surface area contributed by atoms with Crippen molar-refractivity contribution in [1.29, 1.82) is 0 Å². The average molecular weight is 274 g/mol. The van der Waals surface area contributed by atoms with Gasteiger partial charge in [-0.2, -0.15) is 0 Å². The normalized spacial score (nSPS) is 10.1. The summed E-state index contributed by atoms with van der Waals surface area (Å²) < 4.78 is 18.5. The summed E-state index contributed by atoms with van der Waals surface area (Å²) >= 11 is 0. The number of ether oxygens (including phenoxy) is 1. The smallest absolute Gasteiger partial charge is 0.339 e. The predicted octanol–water partition coefficient (Wildman–Crippen LogP) is 3.52. The standard InChI is InChI=1S/C15H11FO4/c1-9(17)10-2-5-12(6-3-10)20-14-8-11(16)4-7-13(14)15(18)19/h2-8H,1H3,(H,18,19). The molecular weight excluding hydrogens is 263 g/mol. The van der Waals surface area contributed by atoms with Crippen LogP contribution in [0.1, 0.15) is 27.6 Å². The summed E-state index contributed by atoms with van der Waals surface area (Å²) in [5.41, 5.74) is 0.372. The zero-order valence-corrected chi connectivity index (χ0v) is 10.6. The maximum absolute atomic E-state index is 13.2. The van der Waals surface area contributed by atoms with Gasteiger partial charge in [-0.25, -0.2) is 9.18 Å². The Balaban J connectivity index is 2.31. The van der Waals surface area contributed by atoms with E-state index in [1.54, 1.807) is 12.1 Å². The van der Waals surface area contributed by atoms with Crippen LogP contribution in [0.15, 0.2) is 42.5 Å². The fraction of sp³-hybridized carbons (Fsp3) is 0.0667. The molecule has 0 saturated carbocycles. The first kappa shape index (κ1) is 13.7. The van der Waals surface area contributed by atoms with Gasteiger partial charge in [-0.15, -0.1) is 0 Å². The summed E-state index contributed by atoms with van der Waals surface area (Å²) in [5.74, 6) is -1.66. The summed E-state index contributed by atoms with van der Waals surface area (Å²) in [5, 5.41) is 9.00. The number of carbonyl (C=O) groups is 2. The number of ketones is 1. The molecule has 0 amide bonds. The molecule has 5 heteroatoms. The molecule has 0 saturated heterocycles. The van der Waals surface area contributed by atoms with E-state index in [2.05, 4.69) is 0 Å². The molecule has 102 valence electrons. The van der Waals surface area contributed by atoms with E-state index in [1.165, 1.54) is 19.1 Å². The number of hydrogen-bond acceptors (Lipinski definition) is 3. The number of carboxylic acid groups (broad SMARTS) is 1. The highest BCUT2D eigenvalue weighted by molar-refractivity contribution is 5.94. The number of benzene rings is 2. The maximum atomic E-state index is 13.2. The van der Waals surface area contributed by atoms with Crippen LogP contribution in [0.25, 0.3) is 0 Å². The van der Waals surface area contributed by atoms with Crippen LogP contribution < -0.4 is 4.74 Å². The van der Waals surface area contributed by atoms with Gasteiger partial charge in [0, 0.05) is 11.6 Å². The molecule has 4 nitrogen and oxygen atoms in total. The molecule has 0 unspecified atom stereocenters. The van der Waals surface area contributed by atoms with Crippen molar-refractivity contribution in [2.24, 2.45) is 0 Å². The molecule has 1 N–H and O–H groups in total. The van der Waals surface area contributed by atoms with E-state index < -0.39 is 11.8 Å². The molecule has 20 heavy (non-hydrogen) atoms. The van der Waals surface area contributed by atoms with Crippen molar-refractivity contribution < 1.29 is 23.8 Å². The van der Waals surface area contributed by atoms with Crippen LogP contribution in [0.5, 0.6) is 11.5 Å². The molecule has 0 radical (unpaired) electrons. The third-order valence-corrected chi connectivity index (χ3v) is 2.66. The second-order valence-electron chi connectivity index (χ2n) is 4.13. The van der Waals surface area contributed by atoms with Crippen molar-refractivity contribution in [3.8, 4) is 11.5 Å². The number of carbonyl (C=O) groups excluding carboxylic acids is 1. The summed E-state index contributed by atoms with van der Waals surface area (Å²) in [6.07, 6.45) is 0. The van der Waals surface area contributed by atoms with Gasteiger partial charge in [0.2, 0.25) is 0 Å². The monoisotopic (exact) mass is 274 g/mol. The first-order valence-electron chi connectivity index (χ1n) is 5.79. The van der Waals surface area contributed by atoms with Crippen molar-refractivity contribution in [3.05, 3.63) is 59.4 Å². The number of hydrogen-bond donors (Lipinski definition) is 1. The second kappa shape index (κ2) is 5.52. The van der Waals surface area contributed by atoms with E-state index in [-0.39, 0.29) is 17.1 Å². The lowest BCUT2D eigenvalue weighted by molar-refractivity contribution is 0.0694. The van der Waals surface area contributed by atoms with E-state index in [0.717, 1.165) is 18.2 Å². The minimum absolute atomic E-state index is 0.0893. The lowest BCUT2D eigenvalue weighted by atomic mass is 10.1.